The van der Waals surface area contributed by atoms with Gasteiger partial charge in [-0.3, -0.25) is 4.79 Å². The van der Waals surface area contributed by atoms with Gasteiger partial charge in [-0.05, 0) is 31.4 Å². The lowest BCUT2D eigenvalue weighted by molar-refractivity contribution is -0.119. The monoisotopic (exact) mass is 241 g/mol. The number of carbonyl (C=O) groups is 2. The fraction of sp³-hybridized carbons (Fsp3) is 0.833. The first-order valence-corrected chi connectivity index (χ1v) is 7.12. The van der Waals surface area contributed by atoms with Gasteiger partial charge < -0.3 is 10.1 Å². The first-order valence-electron chi connectivity index (χ1n) is 6.07. The predicted octanol–water partition coefficient (Wildman–Crippen LogP) is 1.76. The van der Waals surface area contributed by atoms with Crippen LogP contribution in [-0.4, -0.2) is 28.7 Å². The van der Waals surface area contributed by atoms with Crippen molar-refractivity contribution < 1.29 is 9.59 Å². The molecule has 0 spiro atoms. The topological polar surface area (TPSA) is 46.2 Å². The average molecular weight is 241 g/mol. The fourth-order valence-corrected chi connectivity index (χ4v) is 4.27. The Morgan fingerprint density at radius 2 is 2.31 bits per heavy atom. The molecular formula is C12H19NO2S. The van der Waals surface area contributed by atoms with E-state index < -0.39 is 0 Å². The minimum atomic E-state index is 0.226. The SMILES string of the molecule is CC(=O)CCCCC1SCC2CC(=O)NC21. The summed E-state index contributed by atoms with van der Waals surface area (Å²) < 4.78 is 0. The summed E-state index contributed by atoms with van der Waals surface area (Å²) in [5.41, 5.74) is 0. The van der Waals surface area contributed by atoms with E-state index in [2.05, 4.69) is 5.32 Å². The Hall–Kier alpha value is -0.510. The molecule has 2 saturated heterocycles. The predicted molar refractivity (Wildman–Crippen MR) is 65.4 cm³/mol. The number of unbranched alkanes of at least 4 members (excludes halogenated alkanes) is 1. The second kappa shape index (κ2) is 5.21. The van der Waals surface area contributed by atoms with E-state index in [1.165, 1.54) is 0 Å². The number of hydrogen-bond acceptors (Lipinski definition) is 3. The van der Waals surface area contributed by atoms with E-state index in [9.17, 15) is 9.59 Å². The molecule has 0 aromatic rings. The summed E-state index contributed by atoms with van der Waals surface area (Å²) in [6.45, 7) is 1.65. The molecule has 0 aromatic carbocycles. The van der Waals surface area contributed by atoms with Crippen LogP contribution in [0.4, 0.5) is 0 Å². The molecule has 3 unspecified atom stereocenters. The maximum Gasteiger partial charge on any atom is 0.220 e. The van der Waals surface area contributed by atoms with Crippen molar-refractivity contribution in [2.45, 2.75) is 50.3 Å². The Morgan fingerprint density at radius 3 is 3.06 bits per heavy atom. The summed E-state index contributed by atoms with van der Waals surface area (Å²) in [6, 6.07) is 0.412. The van der Waals surface area contributed by atoms with Crippen LogP contribution in [0.5, 0.6) is 0 Å². The van der Waals surface area contributed by atoms with E-state index in [1.54, 1.807) is 6.92 Å². The highest BCUT2D eigenvalue weighted by atomic mass is 32.2. The van der Waals surface area contributed by atoms with Crippen molar-refractivity contribution in [1.29, 1.82) is 0 Å². The maximum atomic E-state index is 11.3. The van der Waals surface area contributed by atoms with Gasteiger partial charge in [-0.25, -0.2) is 0 Å². The van der Waals surface area contributed by atoms with Gasteiger partial charge in [0.25, 0.3) is 0 Å². The quantitative estimate of drug-likeness (QED) is 0.746. The molecule has 4 heteroatoms. The van der Waals surface area contributed by atoms with Crippen molar-refractivity contribution in [3.05, 3.63) is 0 Å². The molecular weight excluding hydrogens is 222 g/mol. The molecule has 0 saturated carbocycles. The third-order valence-electron chi connectivity index (χ3n) is 3.48. The first kappa shape index (κ1) is 12.0. The second-order valence-electron chi connectivity index (χ2n) is 4.88. The Kier molecular flexibility index (Phi) is 3.90. The number of fused-ring (bicyclic) bond motifs is 1. The van der Waals surface area contributed by atoms with Crippen LogP contribution in [0.15, 0.2) is 0 Å². The summed E-state index contributed by atoms with van der Waals surface area (Å²) in [4.78, 5) is 22.1. The summed E-state index contributed by atoms with van der Waals surface area (Å²) >= 11 is 2.00. The number of rotatable bonds is 5. The third kappa shape index (κ3) is 2.78. The molecule has 2 heterocycles. The summed E-state index contributed by atoms with van der Waals surface area (Å²) in [5.74, 6) is 2.20. The van der Waals surface area contributed by atoms with Crippen molar-refractivity contribution in [2.75, 3.05) is 5.75 Å². The van der Waals surface area contributed by atoms with Gasteiger partial charge in [-0.1, -0.05) is 6.42 Å². The van der Waals surface area contributed by atoms with Gasteiger partial charge in [0.2, 0.25) is 5.91 Å². The lowest BCUT2D eigenvalue weighted by Crippen LogP contribution is -2.34. The normalized spacial score (nSPS) is 32.6. The van der Waals surface area contributed by atoms with Crippen molar-refractivity contribution in [3.63, 3.8) is 0 Å². The van der Waals surface area contributed by atoms with E-state index in [0.717, 1.165) is 31.4 Å². The Morgan fingerprint density at radius 1 is 1.50 bits per heavy atom. The van der Waals surface area contributed by atoms with Gasteiger partial charge in [0.05, 0.1) is 0 Å². The van der Waals surface area contributed by atoms with Crippen molar-refractivity contribution in [1.82, 2.24) is 5.32 Å². The molecule has 2 fully saturated rings. The molecule has 90 valence electrons. The molecule has 0 aliphatic carbocycles. The minimum Gasteiger partial charge on any atom is -0.352 e. The van der Waals surface area contributed by atoms with Crippen molar-refractivity contribution in [2.24, 2.45) is 5.92 Å². The number of amides is 1. The van der Waals surface area contributed by atoms with E-state index in [1.807, 2.05) is 11.8 Å². The Balaban J connectivity index is 1.70. The molecule has 0 bridgehead atoms. The van der Waals surface area contributed by atoms with Crippen LogP contribution in [0.2, 0.25) is 0 Å². The lowest BCUT2D eigenvalue weighted by Gasteiger charge is -2.17. The highest BCUT2D eigenvalue weighted by Gasteiger charge is 2.42. The van der Waals surface area contributed by atoms with Crippen molar-refractivity contribution in [3.8, 4) is 0 Å². The van der Waals surface area contributed by atoms with Gasteiger partial charge in [0, 0.05) is 24.1 Å². The van der Waals surface area contributed by atoms with Crippen molar-refractivity contribution >= 4 is 23.5 Å². The summed E-state index contributed by atoms with van der Waals surface area (Å²) in [7, 11) is 0. The zero-order valence-electron chi connectivity index (χ0n) is 9.70. The molecule has 2 rings (SSSR count). The molecule has 16 heavy (non-hydrogen) atoms. The van der Waals surface area contributed by atoms with Crippen LogP contribution < -0.4 is 5.32 Å². The largest absolute Gasteiger partial charge is 0.352 e. The molecule has 1 amide bonds. The molecule has 0 radical (unpaired) electrons. The van der Waals surface area contributed by atoms with Gasteiger partial charge in [-0.2, -0.15) is 11.8 Å². The number of hydrogen-bond donors (Lipinski definition) is 1. The second-order valence-corrected chi connectivity index (χ2v) is 6.15. The molecule has 2 aliphatic rings. The maximum absolute atomic E-state index is 11.3. The highest BCUT2D eigenvalue weighted by Crippen LogP contribution is 2.39. The van der Waals surface area contributed by atoms with Gasteiger partial charge in [0.1, 0.15) is 5.78 Å². The van der Waals surface area contributed by atoms with Gasteiger partial charge in [-0.15, -0.1) is 0 Å². The Bertz CT molecular complexity index is 293. The van der Waals surface area contributed by atoms with E-state index in [0.29, 0.717) is 23.6 Å². The molecule has 3 atom stereocenters. The molecule has 1 N–H and O–H groups in total. The Labute approximate surface area is 101 Å². The number of ketones is 1. The number of thioether (sulfide) groups is 1. The van der Waals surface area contributed by atoms with Gasteiger partial charge >= 0.3 is 0 Å². The zero-order valence-corrected chi connectivity index (χ0v) is 10.5. The lowest BCUT2D eigenvalue weighted by atomic mass is 9.97. The van der Waals surface area contributed by atoms with Gasteiger partial charge in [0.15, 0.2) is 0 Å². The van der Waals surface area contributed by atoms with E-state index in [4.69, 9.17) is 0 Å². The number of nitrogens with one attached hydrogen (secondary N) is 1. The average Bonchev–Trinajstić information content (AvgIpc) is 2.72. The molecule has 0 aromatic heterocycles. The van der Waals surface area contributed by atoms with E-state index in [-0.39, 0.29) is 11.7 Å². The highest BCUT2D eigenvalue weighted by molar-refractivity contribution is 8.00. The number of carbonyl (C=O) groups excluding carboxylic acids is 2. The van der Waals surface area contributed by atoms with E-state index >= 15 is 0 Å². The standard InChI is InChI=1S/C12H19NO2S/c1-8(14)4-2-3-5-10-12-9(7-16-10)6-11(15)13-12/h9-10,12H,2-7H2,1H3,(H,13,15). The van der Waals surface area contributed by atoms with Crippen LogP contribution in [0.1, 0.15) is 39.0 Å². The fourth-order valence-electron chi connectivity index (χ4n) is 2.62. The summed E-state index contributed by atoms with van der Waals surface area (Å²) in [6.07, 6.45) is 4.67. The van der Waals surface area contributed by atoms with Crippen LogP contribution in [0.25, 0.3) is 0 Å². The zero-order chi connectivity index (χ0) is 11.5. The van der Waals surface area contributed by atoms with Crippen LogP contribution in [0, 0.1) is 5.92 Å². The molecule has 3 nitrogen and oxygen atoms in total. The molecule has 2 aliphatic heterocycles. The van der Waals surface area contributed by atoms with Crippen LogP contribution >= 0.6 is 11.8 Å². The smallest absolute Gasteiger partial charge is 0.220 e. The third-order valence-corrected chi connectivity index (χ3v) is 5.05. The summed E-state index contributed by atoms with van der Waals surface area (Å²) in [5, 5.41) is 3.68. The van der Waals surface area contributed by atoms with Crippen LogP contribution in [0.3, 0.4) is 0 Å². The minimum absolute atomic E-state index is 0.226. The first-order chi connectivity index (χ1) is 7.66. The van der Waals surface area contributed by atoms with Crippen LogP contribution in [-0.2, 0) is 9.59 Å². The number of Topliss-reactive ketones (excluding diaryl/α,β-unsaturated/α-hetero) is 1.